The van der Waals surface area contributed by atoms with Crippen molar-refractivity contribution in [2.45, 2.75) is 64.3 Å². The second kappa shape index (κ2) is 10.8. The van der Waals surface area contributed by atoms with Gasteiger partial charge < -0.3 is 30.5 Å². The molecule has 2 unspecified atom stereocenters. The van der Waals surface area contributed by atoms with Crippen molar-refractivity contribution >= 4 is 29.1 Å². The fourth-order valence-corrected chi connectivity index (χ4v) is 5.93. The lowest BCUT2D eigenvalue weighted by molar-refractivity contribution is -0.127. The standard InChI is InChI=1S/C29H37FN8O3/c1-17(2)36-11-9-32-28(39)18(3)41-24-8-7-19(30)12-21(24)29(40)37-10-5-4-6-23(37)22-13-26-33-25(35-15-20(31)16-35)14-27(36)38(26)34-22/h7-8,12-14,17-18,20,23H,4-6,9-11,15-16,31H2,1-3H3,(H,32,39). The van der Waals surface area contributed by atoms with E-state index in [1.807, 2.05) is 16.6 Å². The van der Waals surface area contributed by atoms with Crippen molar-refractivity contribution in [3.63, 3.8) is 0 Å². The first-order chi connectivity index (χ1) is 19.7. The highest BCUT2D eigenvalue weighted by Crippen LogP contribution is 2.35. The molecule has 3 aliphatic heterocycles. The lowest BCUT2D eigenvalue weighted by Gasteiger charge is -2.38. The fraction of sp³-hybridized carbons (Fsp3) is 0.517. The summed E-state index contributed by atoms with van der Waals surface area (Å²) in [5.74, 6) is 0.615. The SMILES string of the molecule is CC1Oc2ccc(F)cc2C(=O)N2CCCCC2c2cc3nc(N4CC(N)C4)cc(n3n2)N(C(C)C)CCNC1=O. The van der Waals surface area contributed by atoms with Crippen LogP contribution in [0.2, 0.25) is 0 Å². The van der Waals surface area contributed by atoms with Gasteiger partial charge in [0, 0.05) is 56.9 Å². The summed E-state index contributed by atoms with van der Waals surface area (Å²) in [6.07, 6.45) is 1.59. The van der Waals surface area contributed by atoms with Crippen molar-refractivity contribution in [2.24, 2.45) is 5.73 Å². The van der Waals surface area contributed by atoms with Crippen molar-refractivity contribution in [3.05, 3.63) is 47.4 Å². The molecule has 0 radical (unpaired) electrons. The molecule has 0 saturated carbocycles. The van der Waals surface area contributed by atoms with Crippen LogP contribution in [0.5, 0.6) is 5.75 Å². The minimum atomic E-state index is -0.884. The first kappa shape index (κ1) is 27.3. The minimum absolute atomic E-state index is 0.0913. The van der Waals surface area contributed by atoms with Gasteiger partial charge in [-0.25, -0.2) is 9.37 Å². The zero-order chi connectivity index (χ0) is 28.8. The largest absolute Gasteiger partial charge is 0.480 e. The smallest absolute Gasteiger partial charge is 0.260 e. The van der Waals surface area contributed by atoms with Crippen LogP contribution >= 0.6 is 0 Å². The van der Waals surface area contributed by atoms with E-state index in [4.69, 9.17) is 20.6 Å². The number of benzene rings is 1. The number of nitrogens with two attached hydrogens (primary N) is 1. The molecule has 1 aromatic carbocycles. The van der Waals surface area contributed by atoms with E-state index in [-0.39, 0.29) is 41.3 Å². The van der Waals surface area contributed by atoms with E-state index in [0.717, 1.165) is 49.7 Å². The van der Waals surface area contributed by atoms with Gasteiger partial charge in [0.15, 0.2) is 11.8 Å². The molecule has 11 nitrogen and oxygen atoms in total. The predicted molar refractivity (Wildman–Crippen MR) is 153 cm³/mol. The van der Waals surface area contributed by atoms with E-state index in [1.54, 1.807) is 11.8 Å². The summed E-state index contributed by atoms with van der Waals surface area (Å²) in [5.41, 5.74) is 7.58. The number of hydrogen-bond donors (Lipinski definition) is 2. The first-order valence-corrected chi connectivity index (χ1v) is 14.4. The number of hydrogen-bond acceptors (Lipinski definition) is 8. The van der Waals surface area contributed by atoms with Gasteiger partial charge in [0.1, 0.15) is 23.2 Å². The number of nitrogens with zero attached hydrogens (tertiary/aromatic N) is 6. The highest BCUT2D eigenvalue weighted by Gasteiger charge is 2.34. The normalized spacial score (nSPS) is 22.4. The Bertz CT molecular complexity index is 1470. The summed E-state index contributed by atoms with van der Waals surface area (Å²) < 4.78 is 22.2. The van der Waals surface area contributed by atoms with Crippen LogP contribution in [0.4, 0.5) is 16.0 Å². The fourth-order valence-electron chi connectivity index (χ4n) is 5.93. The zero-order valence-corrected chi connectivity index (χ0v) is 23.7. The van der Waals surface area contributed by atoms with Gasteiger partial charge in [0.05, 0.1) is 17.3 Å². The van der Waals surface area contributed by atoms with Crippen LogP contribution in [-0.4, -0.2) is 82.2 Å². The molecular formula is C29H37FN8O3. The zero-order valence-electron chi connectivity index (χ0n) is 23.7. The quantitative estimate of drug-likeness (QED) is 0.487. The number of fused-ring (bicyclic) bond motifs is 4. The molecule has 2 atom stereocenters. The first-order valence-electron chi connectivity index (χ1n) is 14.4. The van der Waals surface area contributed by atoms with Gasteiger partial charge in [-0.1, -0.05) is 0 Å². The molecule has 2 aromatic heterocycles. The molecule has 2 amide bonds. The van der Waals surface area contributed by atoms with Crippen molar-refractivity contribution in [1.29, 1.82) is 0 Å². The Morgan fingerprint density at radius 1 is 1.12 bits per heavy atom. The molecule has 218 valence electrons. The van der Waals surface area contributed by atoms with Crippen molar-refractivity contribution in [3.8, 4) is 5.75 Å². The van der Waals surface area contributed by atoms with Crippen LogP contribution in [0.15, 0.2) is 30.3 Å². The van der Waals surface area contributed by atoms with E-state index in [1.165, 1.54) is 18.2 Å². The molecule has 0 aliphatic carbocycles. The Morgan fingerprint density at radius 3 is 2.68 bits per heavy atom. The molecule has 2 bridgehead atoms. The summed E-state index contributed by atoms with van der Waals surface area (Å²) in [7, 11) is 0. The molecule has 41 heavy (non-hydrogen) atoms. The van der Waals surface area contributed by atoms with Crippen molar-refractivity contribution in [2.75, 3.05) is 42.5 Å². The summed E-state index contributed by atoms with van der Waals surface area (Å²) in [4.78, 5) is 38.0. The van der Waals surface area contributed by atoms with E-state index < -0.39 is 11.9 Å². The van der Waals surface area contributed by atoms with Gasteiger partial charge in [0.2, 0.25) is 0 Å². The second-order valence-electron chi connectivity index (χ2n) is 11.5. The third-order valence-corrected chi connectivity index (χ3v) is 8.17. The van der Waals surface area contributed by atoms with Crippen LogP contribution in [0, 0.1) is 5.82 Å². The monoisotopic (exact) mass is 564 g/mol. The van der Waals surface area contributed by atoms with Crippen LogP contribution in [0.3, 0.4) is 0 Å². The molecule has 0 spiro atoms. The lowest BCUT2D eigenvalue weighted by atomic mass is 9.98. The van der Waals surface area contributed by atoms with Crippen molar-refractivity contribution in [1.82, 2.24) is 24.8 Å². The molecule has 12 heteroatoms. The number of amides is 2. The van der Waals surface area contributed by atoms with Crippen LogP contribution < -0.4 is 25.6 Å². The molecule has 6 rings (SSSR count). The average Bonchev–Trinajstić information content (AvgIpc) is 3.37. The number of rotatable bonds is 2. The van der Waals surface area contributed by atoms with Gasteiger partial charge in [-0.3, -0.25) is 9.59 Å². The minimum Gasteiger partial charge on any atom is -0.480 e. The third kappa shape index (κ3) is 5.16. The summed E-state index contributed by atoms with van der Waals surface area (Å²) in [6, 6.07) is 7.71. The Labute approximate surface area is 238 Å². The van der Waals surface area contributed by atoms with E-state index in [2.05, 4.69) is 29.0 Å². The summed E-state index contributed by atoms with van der Waals surface area (Å²) in [5, 5.41) is 7.97. The van der Waals surface area contributed by atoms with E-state index in [9.17, 15) is 14.0 Å². The maximum atomic E-state index is 14.4. The van der Waals surface area contributed by atoms with Gasteiger partial charge in [-0.05, 0) is 58.2 Å². The van der Waals surface area contributed by atoms with Gasteiger partial charge >= 0.3 is 0 Å². The summed E-state index contributed by atoms with van der Waals surface area (Å²) in [6.45, 7) is 8.65. The van der Waals surface area contributed by atoms with Gasteiger partial charge in [-0.2, -0.15) is 9.61 Å². The second-order valence-corrected chi connectivity index (χ2v) is 11.5. The number of ether oxygens (including phenoxy) is 1. The maximum absolute atomic E-state index is 14.4. The summed E-state index contributed by atoms with van der Waals surface area (Å²) >= 11 is 0. The molecular weight excluding hydrogens is 527 g/mol. The average molecular weight is 565 g/mol. The third-order valence-electron chi connectivity index (χ3n) is 8.17. The number of aromatic nitrogens is 3. The highest BCUT2D eigenvalue weighted by molar-refractivity contribution is 5.97. The maximum Gasteiger partial charge on any atom is 0.260 e. The van der Waals surface area contributed by atoms with Crippen LogP contribution in [0.1, 0.15) is 62.1 Å². The molecule has 3 aromatic rings. The van der Waals surface area contributed by atoms with Crippen LogP contribution in [-0.2, 0) is 4.79 Å². The predicted octanol–water partition coefficient (Wildman–Crippen LogP) is 2.49. The number of anilines is 2. The van der Waals surface area contributed by atoms with Crippen LogP contribution in [0.25, 0.3) is 5.65 Å². The topological polar surface area (TPSA) is 121 Å². The molecule has 5 heterocycles. The lowest BCUT2D eigenvalue weighted by Crippen LogP contribution is -2.56. The van der Waals surface area contributed by atoms with Gasteiger partial charge in [0.25, 0.3) is 11.8 Å². The number of nitrogens with one attached hydrogen (secondary N) is 1. The number of carbonyl (C=O) groups is 2. The molecule has 3 aliphatic rings. The number of carbonyl (C=O) groups excluding carboxylic acids is 2. The molecule has 2 saturated heterocycles. The van der Waals surface area contributed by atoms with E-state index in [0.29, 0.717) is 25.3 Å². The van der Waals surface area contributed by atoms with Crippen molar-refractivity contribution < 1.29 is 18.7 Å². The number of halogens is 1. The molecule has 3 N–H and O–H groups in total. The molecule has 2 fully saturated rings. The highest BCUT2D eigenvalue weighted by atomic mass is 19.1. The number of piperidine rings is 1. The Morgan fingerprint density at radius 2 is 1.93 bits per heavy atom. The van der Waals surface area contributed by atoms with Gasteiger partial charge in [-0.15, -0.1) is 0 Å². The Balaban J connectivity index is 1.50. The Hall–Kier alpha value is -3.93. The Kier molecular flexibility index (Phi) is 7.18. The van der Waals surface area contributed by atoms with E-state index >= 15 is 0 Å².